The molecule has 0 spiro atoms. The van der Waals surface area contributed by atoms with Crippen LogP contribution in [0.4, 0.5) is 0 Å². The van der Waals surface area contributed by atoms with Gasteiger partial charge < -0.3 is 19.3 Å². The second kappa shape index (κ2) is 9.88. The first-order chi connectivity index (χ1) is 14.7. The van der Waals surface area contributed by atoms with Crippen molar-refractivity contribution in [1.82, 2.24) is 15.4 Å². The molecule has 4 rings (SSSR count). The van der Waals surface area contributed by atoms with Crippen molar-refractivity contribution in [2.45, 2.75) is 13.0 Å². The van der Waals surface area contributed by atoms with Crippen molar-refractivity contribution in [2.75, 3.05) is 39.5 Å². The van der Waals surface area contributed by atoms with E-state index in [0.29, 0.717) is 32.1 Å². The summed E-state index contributed by atoms with van der Waals surface area (Å²) in [5.74, 6) is 1.10. The second-order valence-corrected chi connectivity index (χ2v) is 7.90. The number of rotatable bonds is 8. The fraction of sp³-hybridized carbons (Fsp3) is 0.364. The third kappa shape index (κ3) is 4.89. The lowest BCUT2D eigenvalue weighted by atomic mass is 10.1. The SMILES string of the molecule is CCOc1ccc(-c2cc(C(=O)NC[C@@H](c3cccs3)N3CCOCC3)no2)cc1. The smallest absolute Gasteiger partial charge is 0.273 e. The standard InChI is InChI=1S/C22H25N3O4S/c1-2-28-17-7-5-16(6-8-17)20-14-18(24-29-20)22(26)23-15-19(21-4-3-13-30-21)25-9-11-27-12-10-25/h3-8,13-14,19H,2,9-12,15H2,1H3,(H,23,26)/t19-/m0/s1. The number of ether oxygens (including phenoxy) is 2. The summed E-state index contributed by atoms with van der Waals surface area (Å²) in [6.07, 6.45) is 0. The van der Waals surface area contributed by atoms with E-state index < -0.39 is 0 Å². The van der Waals surface area contributed by atoms with Gasteiger partial charge in [0.2, 0.25) is 0 Å². The molecule has 0 saturated carbocycles. The number of amides is 1. The van der Waals surface area contributed by atoms with Crippen LogP contribution in [0.2, 0.25) is 0 Å². The molecule has 2 aromatic heterocycles. The van der Waals surface area contributed by atoms with E-state index in [1.165, 1.54) is 4.88 Å². The van der Waals surface area contributed by atoms with E-state index in [-0.39, 0.29) is 17.6 Å². The molecule has 3 aromatic rings. The van der Waals surface area contributed by atoms with Gasteiger partial charge in [0.1, 0.15) is 5.75 Å². The van der Waals surface area contributed by atoms with E-state index in [0.717, 1.165) is 24.4 Å². The van der Waals surface area contributed by atoms with Crippen LogP contribution in [0.15, 0.2) is 52.4 Å². The molecule has 1 saturated heterocycles. The maximum Gasteiger partial charge on any atom is 0.273 e. The van der Waals surface area contributed by atoms with E-state index in [4.69, 9.17) is 14.0 Å². The zero-order valence-electron chi connectivity index (χ0n) is 16.9. The fourth-order valence-electron chi connectivity index (χ4n) is 3.46. The maximum absolute atomic E-state index is 12.7. The first kappa shape index (κ1) is 20.6. The van der Waals surface area contributed by atoms with Crippen molar-refractivity contribution in [3.05, 3.63) is 58.4 Å². The molecule has 0 radical (unpaired) electrons. The van der Waals surface area contributed by atoms with Gasteiger partial charge in [-0.3, -0.25) is 9.69 Å². The van der Waals surface area contributed by atoms with Gasteiger partial charge in [-0.2, -0.15) is 0 Å². The molecule has 1 atom stereocenters. The van der Waals surface area contributed by atoms with Crippen LogP contribution in [0.25, 0.3) is 11.3 Å². The van der Waals surface area contributed by atoms with Crippen molar-refractivity contribution in [2.24, 2.45) is 0 Å². The molecule has 1 fully saturated rings. The predicted molar refractivity (Wildman–Crippen MR) is 115 cm³/mol. The van der Waals surface area contributed by atoms with E-state index in [1.54, 1.807) is 17.4 Å². The molecular weight excluding hydrogens is 402 g/mol. The third-order valence-electron chi connectivity index (χ3n) is 5.01. The Balaban J connectivity index is 1.40. The first-order valence-electron chi connectivity index (χ1n) is 10.1. The van der Waals surface area contributed by atoms with Crippen LogP contribution in [0.1, 0.15) is 28.3 Å². The topological polar surface area (TPSA) is 76.8 Å². The van der Waals surface area contributed by atoms with Crippen LogP contribution in [0.5, 0.6) is 5.75 Å². The van der Waals surface area contributed by atoms with Gasteiger partial charge >= 0.3 is 0 Å². The number of aromatic nitrogens is 1. The second-order valence-electron chi connectivity index (χ2n) is 6.92. The molecular formula is C22H25N3O4S. The normalized spacial score (nSPS) is 15.6. The molecule has 3 heterocycles. The van der Waals surface area contributed by atoms with Gasteiger partial charge in [-0.05, 0) is 42.6 Å². The highest BCUT2D eigenvalue weighted by molar-refractivity contribution is 7.10. The lowest BCUT2D eigenvalue weighted by molar-refractivity contribution is 0.0169. The van der Waals surface area contributed by atoms with Crippen LogP contribution in [0, 0.1) is 0 Å². The van der Waals surface area contributed by atoms with Gasteiger partial charge in [-0.15, -0.1) is 11.3 Å². The van der Waals surface area contributed by atoms with Crippen molar-refractivity contribution in [3.63, 3.8) is 0 Å². The highest BCUT2D eigenvalue weighted by Gasteiger charge is 2.24. The zero-order valence-corrected chi connectivity index (χ0v) is 17.7. The number of carbonyl (C=O) groups excluding carboxylic acids is 1. The molecule has 8 heteroatoms. The molecule has 1 N–H and O–H groups in total. The van der Waals surface area contributed by atoms with Crippen molar-refractivity contribution < 1.29 is 18.8 Å². The van der Waals surface area contributed by atoms with Gasteiger partial charge in [0.05, 0.1) is 25.9 Å². The Morgan fingerprint density at radius 1 is 1.27 bits per heavy atom. The monoisotopic (exact) mass is 427 g/mol. The average molecular weight is 428 g/mol. The molecule has 30 heavy (non-hydrogen) atoms. The van der Waals surface area contributed by atoms with Crippen molar-refractivity contribution in [1.29, 1.82) is 0 Å². The maximum atomic E-state index is 12.7. The van der Waals surface area contributed by atoms with Crippen molar-refractivity contribution in [3.8, 4) is 17.1 Å². The Hall–Kier alpha value is -2.68. The summed E-state index contributed by atoms with van der Waals surface area (Å²) in [4.78, 5) is 16.3. The summed E-state index contributed by atoms with van der Waals surface area (Å²) in [6.45, 7) is 6.19. The minimum Gasteiger partial charge on any atom is -0.494 e. The van der Waals surface area contributed by atoms with Gasteiger partial charge in [0, 0.05) is 36.1 Å². The summed E-state index contributed by atoms with van der Waals surface area (Å²) in [6, 6.07) is 13.4. The zero-order chi connectivity index (χ0) is 20.8. The summed E-state index contributed by atoms with van der Waals surface area (Å²) in [5, 5.41) is 9.03. The number of hydrogen-bond acceptors (Lipinski definition) is 7. The Bertz CT molecular complexity index is 934. The van der Waals surface area contributed by atoms with Crippen LogP contribution in [0.3, 0.4) is 0 Å². The molecule has 7 nitrogen and oxygen atoms in total. The largest absolute Gasteiger partial charge is 0.494 e. The van der Waals surface area contributed by atoms with E-state index >= 15 is 0 Å². The highest BCUT2D eigenvalue weighted by Crippen LogP contribution is 2.26. The lowest BCUT2D eigenvalue weighted by Gasteiger charge is -2.34. The first-order valence-corrected chi connectivity index (χ1v) is 11.0. The van der Waals surface area contributed by atoms with Crippen LogP contribution in [-0.2, 0) is 4.74 Å². The van der Waals surface area contributed by atoms with Crippen molar-refractivity contribution >= 4 is 17.2 Å². The quantitative estimate of drug-likeness (QED) is 0.592. The van der Waals surface area contributed by atoms with Gasteiger partial charge in [-0.1, -0.05) is 11.2 Å². The van der Waals surface area contributed by atoms with Crippen LogP contribution in [-0.4, -0.2) is 55.4 Å². The Labute approximate surface area is 179 Å². The molecule has 1 aromatic carbocycles. The number of carbonyl (C=O) groups is 1. The van der Waals surface area contributed by atoms with Gasteiger partial charge in [0.25, 0.3) is 5.91 Å². The average Bonchev–Trinajstić information content (AvgIpc) is 3.48. The number of nitrogens with one attached hydrogen (secondary N) is 1. The summed E-state index contributed by atoms with van der Waals surface area (Å²) in [7, 11) is 0. The van der Waals surface area contributed by atoms with E-state index in [1.807, 2.05) is 37.3 Å². The Morgan fingerprint density at radius 2 is 2.07 bits per heavy atom. The number of morpholine rings is 1. The molecule has 1 aliphatic heterocycles. The molecule has 1 amide bonds. The van der Waals surface area contributed by atoms with Crippen LogP contribution >= 0.6 is 11.3 Å². The van der Waals surface area contributed by atoms with Crippen LogP contribution < -0.4 is 10.1 Å². The number of thiophene rings is 1. The minimum atomic E-state index is -0.245. The number of benzene rings is 1. The Morgan fingerprint density at radius 3 is 2.77 bits per heavy atom. The van der Waals surface area contributed by atoms with Gasteiger partial charge in [-0.25, -0.2) is 0 Å². The molecule has 0 unspecified atom stereocenters. The third-order valence-corrected chi connectivity index (χ3v) is 5.98. The minimum absolute atomic E-state index is 0.121. The molecule has 0 bridgehead atoms. The lowest BCUT2D eigenvalue weighted by Crippen LogP contribution is -2.43. The Kier molecular flexibility index (Phi) is 6.78. The fourth-order valence-corrected chi connectivity index (χ4v) is 4.32. The summed E-state index contributed by atoms with van der Waals surface area (Å²) >= 11 is 1.70. The number of hydrogen-bond donors (Lipinski definition) is 1. The van der Waals surface area contributed by atoms with E-state index in [9.17, 15) is 4.79 Å². The molecule has 158 valence electrons. The summed E-state index contributed by atoms with van der Waals surface area (Å²) in [5.41, 5.74) is 1.11. The summed E-state index contributed by atoms with van der Waals surface area (Å²) < 4.78 is 16.3. The highest BCUT2D eigenvalue weighted by atomic mass is 32.1. The van der Waals surface area contributed by atoms with E-state index in [2.05, 4.69) is 26.8 Å². The predicted octanol–water partition coefficient (Wildman–Crippen LogP) is 3.61. The molecule has 1 aliphatic rings. The van der Waals surface area contributed by atoms with Gasteiger partial charge in [0.15, 0.2) is 11.5 Å². The molecule has 0 aliphatic carbocycles. The number of nitrogens with zero attached hydrogens (tertiary/aromatic N) is 2.